The van der Waals surface area contributed by atoms with Gasteiger partial charge in [-0.15, -0.1) is 0 Å². The highest BCUT2D eigenvalue weighted by atomic mass is 15.2. The molecule has 3 unspecified atom stereocenters. The average molecular weight is 184 g/mol. The van der Waals surface area contributed by atoms with Crippen molar-refractivity contribution in [2.45, 2.75) is 64.6 Å². The van der Waals surface area contributed by atoms with E-state index in [0.29, 0.717) is 6.04 Å². The number of likely N-dealkylation sites (tertiary alicyclic amines) is 1. The van der Waals surface area contributed by atoms with Crippen molar-refractivity contribution in [2.24, 2.45) is 5.73 Å². The van der Waals surface area contributed by atoms with Gasteiger partial charge in [0.1, 0.15) is 0 Å². The van der Waals surface area contributed by atoms with Crippen molar-refractivity contribution >= 4 is 0 Å². The van der Waals surface area contributed by atoms with Crippen LogP contribution in [0.25, 0.3) is 0 Å². The van der Waals surface area contributed by atoms with Crippen LogP contribution in [-0.2, 0) is 0 Å². The summed E-state index contributed by atoms with van der Waals surface area (Å²) < 4.78 is 0. The Morgan fingerprint density at radius 1 is 1.46 bits per heavy atom. The molecule has 2 nitrogen and oxygen atoms in total. The lowest BCUT2D eigenvalue weighted by atomic mass is 10.1. The van der Waals surface area contributed by atoms with Crippen molar-refractivity contribution in [3.8, 4) is 0 Å². The summed E-state index contributed by atoms with van der Waals surface area (Å²) in [7, 11) is 0. The second-order valence-electron chi connectivity index (χ2n) is 4.36. The maximum Gasteiger partial charge on any atom is 0.00988 e. The molecule has 0 aromatic carbocycles. The molecule has 0 aliphatic carbocycles. The number of hydrogen-bond acceptors (Lipinski definition) is 2. The summed E-state index contributed by atoms with van der Waals surface area (Å²) in [5.41, 5.74) is 5.60. The second-order valence-corrected chi connectivity index (χ2v) is 4.36. The minimum Gasteiger partial charge on any atom is -0.330 e. The van der Waals surface area contributed by atoms with Crippen molar-refractivity contribution < 1.29 is 0 Å². The van der Waals surface area contributed by atoms with Crippen molar-refractivity contribution in [2.75, 3.05) is 6.54 Å². The Bertz CT molecular complexity index is 147. The molecule has 1 saturated heterocycles. The molecular formula is C11H24N2. The number of hydrogen-bond donors (Lipinski definition) is 1. The predicted octanol–water partition coefficient (Wildman–Crippen LogP) is 1.99. The van der Waals surface area contributed by atoms with Crippen molar-refractivity contribution in [1.29, 1.82) is 0 Å². The lowest BCUT2D eigenvalue weighted by Crippen LogP contribution is -2.42. The van der Waals surface area contributed by atoms with Gasteiger partial charge in [-0.3, -0.25) is 4.90 Å². The van der Waals surface area contributed by atoms with Crippen LogP contribution in [0.15, 0.2) is 0 Å². The van der Waals surface area contributed by atoms with E-state index in [1.54, 1.807) is 0 Å². The Labute approximate surface area is 82.5 Å². The first kappa shape index (κ1) is 11.0. The standard InChI is InChI=1S/C11H24N2/c1-4-11-6-5-9(2)13(11)10(3)7-8-12/h9-11H,4-8,12H2,1-3H3. The fourth-order valence-corrected chi connectivity index (χ4v) is 2.69. The van der Waals surface area contributed by atoms with Crippen LogP contribution in [0.5, 0.6) is 0 Å². The van der Waals surface area contributed by atoms with E-state index in [1.165, 1.54) is 19.3 Å². The van der Waals surface area contributed by atoms with Gasteiger partial charge >= 0.3 is 0 Å². The van der Waals surface area contributed by atoms with Gasteiger partial charge in [0.15, 0.2) is 0 Å². The van der Waals surface area contributed by atoms with Gasteiger partial charge in [0.2, 0.25) is 0 Å². The Morgan fingerprint density at radius 2 is 2.15 bits per heavy atom. The van der Waals surface area contributed by atoms with Crippen LogP contribution in [0, 0.1) is 0 Å². The van der Waals surface area contributed by atoms with Crippen LogP contribution in [-0.4, -0.2) is 29.6 Å². The molecule has 0 aromatic heterocycles. The molecule has 13 heavy (non-hydrogen) atoms. The number of nitrogens with zero attached hydrogens (tertiary/aromatic N) is 1. The average Bonchev–Trinajstić information content (AvgIpc) is 2.47. The fourth-order valence-electron chi connectivity index (χ4n) is 2.69. The zero-order valence-electron chi connectivity index (χ0n) is 9.29. The molecule has 0 amide bonds. The topological polar surface area (TPSA) is 29.3 Å². The van der Waals surface area contributed by atoms with Gasteiger partial charge in [0, 0.05) is 18.1 Å². The molecule has 1 heterocycles. The van der Waals surface area contributed by atoms with E-state index < -0.39 is 0 Å². The Kier molecular flexibility index (Phi) is 4.20. The lowest BCUT2D eigenvalue weighted by Gasteiger charge is -2.33. The Morgan fingerprint density at radius 3 is 2.69 bits per heavy atom. The lowest BCUT2D eigenvalue weighted by molar-refractivity contribution is 0.138. The first-order chi connectivity index (χ1) is 6.20. The Hall–Kier alpha value is -0.0800. The summed E-state index contributed by atoms with van der Waals surface area (Å²) in [6.07, 6.45) is 5.18. The fraction of sp³-hybridized carbons (Fsp3) is 1.00. The number of nitrogens with two attached hydrogens (primary N) is 1. The highest BCUT2D eigenvalue weighted by Crippen LogP contribution is 2.28. The third-order valence-electron chi connectivity index (χ3n) is 3.41. The molecular weight excluding hydrogens is 160 g/mol. The SMILES string of the molecule is CCC1CCC(C)N1C(C)CCN. The van der Waals surface area contributed by atoms with Crippen molar-refractivity contribution in [1.82, 2.24) is 4.90 Å². The third kappa shape index (κ3) is 2.44. The van der Waals surface area contributed by atoms with Gasteiger partial charge < -0.3 is 5.73 Å². The van der Waals surface area contributed by atoms with E-state index in [-0.39, 0.29) is 0 Å². The highest BCUT2D eigenvalue weighted by Gasteiger charge is 2.31. The van der Waals surface area contributed by atoms with Crippen molar-refractivity contribution in [3.05, 3.63) is 0 Å². The van der Waals surface area contributed by atoms with Crippen LogP contribution >= 0.6 is 0 Å². The molecule has 0 radical (unpaired) electrons. The summed E-state index contributed by atoms with van der Waals surface area (Å²) in [6.45, 7) is 7.78. The van der Waals surface area contributed by atoms with E-state index in [0.717, 1.165) is 25.0 Å². The normalized spacial score (nSPS) is 32.3. The van der Waals surface area contributed by atoms with E-state index >= 15 is 0 Å². The van der Waals surface area contributed by atoms with Gasteiger partial charge in [-0.1, -0.05) is 6.92 Å². The summed E-state index contributed by atoms with van der Waals surface area (Å²) in [5, 5.41) is 0. The van der Waals surface area contributed by atoms with Gasteiger partial charge in [-0.2, -0.15) is 0 Å². The molecule has 1 fully saturated rings. The van der Waals surface area contributed by atoms with Gasteiger partial charge in [-0.05, 0) is 46.1 Å². The first-order valence-corrected chi connectivity index (χ1v) is 5.68. The molecule has 2 heteroatoms. The summed E-state index contributed by atoms with van der Waals surface area (Å²) in [4.78, 5) is 2.67. The molecule has 0 aromatic rings. The quantitative estimate of drug-likeness (QED) is 0.724. The maximum atomic E-state index is 5.60. The van der Waals surface area contributed by atoms with E-state index in [1.807, 2.05) is 0 Å². The van der Waals surface area contributed by atoms with E-state index in [4.69, 9.17) is 5.73 Å². The van der Waals surface area contributed by atoms with Crippen molar-refractivity contribution in [3.63, 3.8) is 0 Å². The minimum atomic E-state index is 0.674. The van der Waals surface area contributed by atoms with Gasteiger partial charge in [0.05, 0.1) is 0 Å². The van der Waals surface area contributed by atoms with Crippen LogP contribution in [0.2, 0.25) is 0 Å². The maximum absolute atomic E-state index is 5.60. The minimum absolute atomic E-state index is 0.674. The summed E-state index contributed by atoms with van der Waals surface area (Å²) in [5.74, 6) is 0. The smallest absolute Gasteiger partial charge is 0.00988 e. The van der Waals surface area contributed by atoms with Crippen LogP contribution in [0.1, 0.15) is 46.5 Å². The van der Waals surface area contributed by atoms with Gasteiger partial charge in [0.25, 0.3) is 0 Å². The molecule has 0 bridgehead atoms. The summed E-state index contributed by atoms with van der Waals surface area (Å²) in [6, 6.07) is 2.26. The number of rotatable bonds is 4. The molecule has 1 aliphatic rings. The molecule has 0 saturated carbocycles. The molecule has 1 aliphatic heterocycles. The molecule has 1 rings (SSSR count). The zero-order valence-corrected chi connectivity index (χ0v) is 9.29. The summed E-state index contributed by atoms with van der Waals surface area (Å²) >= 11 is 0. The first-order valence-electron chi connectivity index (χ1n) is 5.68. The zero-order chi connectivity index (χ0) is 9.84. The monoisotopic (exact) mass is 184 g/mol. The van der Waals surface area contributed by atoms with Crippen LogP contribution in [0.3, 0.4) is 0 Å². The molecule has 3 atom stereocenters. The predicted molar refractivity (Wildman–Crippen MR) is 57.7 cm³/mol. The second kappa shape index (κ2) is 4.97. The van der Waals surface area contributed by atoms with Gasteiger partial charge in [-0.25, -0.2) is 0 Å². The third-order valence-corrected chi connectivity index (χ3v) is 3.41. The van der Waals surface area contributed by atoms with E-state index in [9.17, 15) is 0 Å². The largest absolute Gasteiger partial charge is 0.330 e. The van der Waals surface area contributed by atoms with Crippen LogP contribution < -0.4 is 5.73 Å². The van der Waals surface area contributed by atoms with Crippen LogP contribution in [0.4, 0.5) is 0 Å². The molecule has 2 N–H and O–H groups in total. The molecule has 0 spiro atoms. The molecule has 78 valence electrons. The Balaban J connectivity index is 2.52. The highest BCUT2D eigenvalue weighted by molar-refractivity contribution is 4.87. The van der Waals surface area contributed by atoms with E-state index in [2.05, 4.69) is 25.7 Å².